The van der Waals surface area contributed by atoms with Gasteiger partial charge in [0, 0.05) is 36.3 Å². The number of pyridine rings is 1. The van der Waals surface area contributed by atoms with E-state index in [1.165, 1.54) is 6.92 Å². The molecular formula is C20H20F3N5O2. The van der Waals surface area contributed by atoms with Crippen LogP contribution in [0, 0.1) is 6.92 Å². The standard InChI is InChI=1S/C20H20F3N5O2/c1-10-7-13(20(21,22)23)16-17(27-30-18(16)24-10)12-3-2-6-28(9-12)19(29)15-8-14(25-26-15)11-4-5-11/h7-8,11-12H,2-6,9H2,1H3,(H,25,26). The summed E-state index contributed by atoms with van der Waals surface area (Å²) in [4.78, 5) is 18.6. The van der Waals surface area contributed by atoms with Crippen LogP contribution in [0.1, 0.15) is 70.7 Å². The molecule has 3 aromatic rings. The first-order chi connectivity index (χ1) is 14.3. The van der Waals surface area contributed by atoms with Crippen molar-refractivity contribution in [3.05, 3.63) is 40.5 Å². The zero-order valence-electron chi connectivity index (χ0n) is 16.3. The van der Waals surface area contributed by atoms with Gasteiger partial charge >= 0.3 is 6.18 Å². The van der Waals surface area contributed by atoms with Crippen LogP contribution in [0.3, 0.4) is 0 Å². The molecule has 30 heavy (non-hydrogen) atoms. The van der Waals surface area contributed by atoms with Gasteiger partial charge in [-0.3, -0.25) is 9.89 Å². The average Bonchev–Trinajstić information content (AvgIpc) is 3.29. The summed E-state index contributed by atoms with van der Waals surface area (Å²) in [6.07, 6.45) is -1.09. The van der Waals surface area contributed by atoms with Crippen LogP contribution in [0.15, 0.2) is 16.7 Å². The molecule has 1 unspecified atom stereocenters. The SMILES string of the molecule is Cc1cc(C(F)(F)F)c2c(C3CCCN(C(=O)c4cc(C5CC5)[nH]n4)C3)noc2n1. The quantitative estimate of drug-likeness (QED) is 0.688. The van der Waals surface area contributed by atoms with Gasteiger partial charge in [-0.25, -0.2) is 4.98 Å². The van der Waals surface area contributed by atoms with Crippen LogP contribution in [-0.4, -0.2) is 44.2 Å². The van der Waals surface area contributed by atoms with Gasteiger partial charge in [-0.2, -0.15) is 18.3 Å². The van der Waals surface area contributed by atoms with Crippen LogP contribution in [0.4, 0.5) is 13.2 Å². The van der Waals surface area contributed by atoms with E-state index in [0.29, 0.717) is 31.0 Å². The van der Waals surface area contributed by atoms with Crippen molar-refractivity contribution in [1.82, 2.24) is 25.2 Å². The van der Waals surface area contributed by atoms with E-state index in [-0.39, 0.29) is 40.9 Å². The third-order valence-electron chi connectivity index (χ3n) is 5.84. The van der Waals surface area contributed by atoms with Crippen molar-refractivity contribution in [3.63, 3.8) is 0 Å². The zero-order valence-corrected chi connectivity index (χ0v) is 16.3. The topological polar surface area (TPSA) is 87.9 Å². The Morgan fingerprint density at radius 1 is 1.23 bits per heavy atom. The molecule has 0 spiro atoms. The predicted molar refractivity (Wildman–Crippen MR) is 100.0 cm³/mol. The highest BCUT2D eigenvalue weighted by Crippen LogP contribution is 2.41. The lowest BCUT2D eigenvalue weighted by Crippen LogP contribution is -2.39. The maximum atomic E-state index is 13.6. The van der Waals surface area contributed by atoms with Gasteiger partial charge in [0.05, 0.1) is 16.6 Å². The van der Waals surface area contributed by atoms with Gasteiger partial charge in [0.2, 0.25) is 0 Å². The minimum Gasteiger partial charge on any atom is -0.337 e. The lowest BCUT2D eigenvalue weighted by atomic mass is 9.91. The van der Waals surface area contributed by atoms with Crippen molar-refractivity contribution in [2.75, 3.05) is 13.1 Å². The van der Waals surface area contributed by atoms with Gasteiger partial charge < -0.3 is 9.42 Å². The minimum atomic E-state index is -4.55. The number of halogens is 3. The second kappa shape index (κ2) is 6.82. The number of fused-ring (bicyclic) bond motifs is 1. The Balaban J connectivity index is 1.44. The summed E-state index contributed by atoms with van der Waals surface area (Å²) in [5, 5.41) is 10.9. The number of likely N-dealkylation sites (tertiary alicyclic amines) is 1. The van der Waals surface area contributed by atoms with Crippen molar-refractivity contribution in [2.24, 2.45) is 0 Å². The third-order valence-corrected chi connectivity index (χ3v) is 5.84. The number of aryl methyl sites for hydroxylation is 1. The molecule has 3 aromatic heterocycles. The summed E-state index contributed by atoms with van der Waals surface area (Å²) >= 11 is 0. The van der Waals surface area contributed by atoms with Crippen LogP contribution in [0.2, 0.25) is 0 Å². The van der Waals surface area contributed by atoms with E-state index in [1.807, 2.05) is 0 Å². The lowest BCUT2D eigenvalue weighted by Gasteiger charge is -2.31. The number of hydrogen-bond donors (Lipinski definition) is 1. The van der Waals surface area contributed by atoms with Gasteiger partial charge in [0.1, 0.15) is 5.69 Å². The lowest BCUT2D eigenvalue weighted by molar-refractivity contribution is -0.136. The van der Waals surface area contributed by atoms with Crippen molar-refractivity contribution in [1.29, 1.82) is 0 Å². The minimum absolute atomic E-state index is 0.108. The van der Waals surface area contributed by atoms with Crippen molar-refractivity contribution in [2.45, 2.75) is 50.6 Å². The largest absolute Gasteiger partial charge is 0.417 e. The maximum absolute atomic E-state index is 13.6. The normalized spacial score (nSPS) is 20.1. The van der Waals surface area contributed by atoms with E-state index in [0.717, 1.165) is 24.6 Å². The molecule has 2 fully saturated rings. The summed E-state index contributed by atoms with van der Waals surface area (Å²) in [5.74, 6) is -0.136. The van der Waals surface area contributed by atoms with E-state index in [4.69, 9.17) is 4.52 Å². The molecule has 0 radical (unpaired) electrons. The van der Waals surface area contributed by atoms with E-state index in [2.05, 4.69) is 20.3 Å². The molecule has 1 aliphatic heterocycles. The zero-order chi connectivity index (χ0) is 21.0. The molecule has 1 saturated heterocycles. The first-order valence-corrected chi connectivity index (χ1v) is 10.00. The first kappa shape index (κ1) is 19.1. The molecule has 4 heterocycles. The third kappa shape index (κ3) is 3.33. The number of carbonyl (C=O) groups is 1. The highest BCUT2D eigenvalue weighted by Gasteiger charge is 2.38. The smallest absolute Gasteiger partial charge is 0.337 e. The monoisotopic (exact) mass is 419 g/mol. The van der Waals surface area contributed by atoms with Crippen LogP contribution < -0.4 is 0 Å². The Morgan fingerprint density at radius 3 is 2.77 bits per heavy atom. The molecule has 1 aliphatic carbocycles. The van der Waals surface area contributed by atoms with Gasteiger partial charge in [-0.1, -0.05) is 5.16 Å². The van der Waals surface area contributed by atoms with Gasteiger partial charge in [0.15, 0.2) is 0 Å². The number of nitrogens with one attached hydrogen (secondary N) is 1. The number of nitrogens with zero attached hydrogens (tertiary/aromatic N) is 4. The van der Waals surface area contributed by atoms with Gasteiger partial charge in [-0.05, 0) is 44.7 Å². The Hall–Kier alpha value is -2.91. The number of aromatic nitrogens is 4. The number of hydrogen-bond acceptors (Lipinski definition) is 5. The highest BCUT2D eigenvalue weighted by molar-refractivity contribution is 5.92. The molecule has 7 nitrogen and oxygen atoms in total. The predicted octanol–water partition coefficient (Wildman–Crippen LogP) is 4.17. The van der Waals surface area contributed by atoms with Crippen molar-refractivity contribution < 1.29 is 22.5 Å². The Kier molecular flexibility index (Phi) is 4.33. The number of alkyl halides is 3. The fourth-order valence-electron chi connectivity index (χ4n) is 4.19. The van der Waals surface area contributed by atoms with Crippen LogP contribution in [0.25, 0.3) is 11.1 Å². The number of H-pyrrole nitrogens is 1. The van der Waals surface area contributed by atoms with Gasteiger partial charge in [0.25, 0.3) is 11.6 Å². The Labute approximate surface area is 169 Å². The van der Waals surface area contributed by atoms with Crippen molar-refractivity contribution in [3.8, 4) is 0 Å². The van der Waals surface area contributed by atoms with Crippen LogP contribution in [0.5, 0.6) is 0 Å². The molecule has 0 aromatic carbocycles. The van der Waals surface area contributed by atoms with Crippen LogP contribution in [-0.2, 0) is 6.18 Å². The second-order valence-corrected chi connectivity index (χ2v) is 8.13. The molecule has 1 amide bonds. The molecule has 158 valence electrons. The number of piperidine rings is 1. The molecule has 1 atom stereocenters. The summed E-state index contributed by atoms with van der Waals surface area (Å²) < 4.78 is 46.1. The molecule has 2 aliphatic rings. The molecule has 1 saturated carbocycles. The Bertz CT molecular complexity index is 1120. The average molecular weight is 419 g/mol. The summed E-state index contributed by atoms with van der Waals surface area (Å²) in [6, 6.07) is 2.79. The second-order valence-electron chi connectivity index (χ2n) is 8.13. The summed E-state index contributed by atoms with van der Waals surface area (Å²) in [6.45, 7) is 2.27. The first-order valence-electron chi connectivity index (χ1n) is 10.00. The van der Waals surface area contributed by atoms with E-state index < -0.39 is 11.7 Å². The fourth-order valence-corrected chi connectivity index (χ4v) is 4.19. The Morgan fingerprint density at radius 2 is 2.03 bits per heavy atom. The summed E-state index contributed by atoms with van der Waals surface area (Å²) in [7, 11) is 0. The molecule has 5 rings (SSSR count). The fraction of sp³-hybridized carbons (Fsp3) is 0.500. The number of carbonyl (C=O) groups excluding carboxylic acids is 1. The number of aromatic amines is 1. The van der Waals surface area contributed by atoms with Crippen molar-refractivity contribution >= 4 is 17.0 Å². The molecule has 1 N–H and O–H groups in total. The van der Waals surface area contributed by atoms with Gasteiger partial charge in [-0.15, -0.1) is 0 Å². The molecular weight excluding hydrogens is 399 g/mol. The number of amides is 1. The molecule has 0 bridgehead atoms. The highest BCUT2D eigenvalue weighted by atomic mass is 19.4. The molecule has 10 heteroatoms. The number of rotatable bonds is 3. The van der Waals surface area contributed by atoms with E-state index in [9.17, 15) is 18.0 Å². The van der Waals surface area contributed by atoms with Crippen LogP contribution >= 0.6 is 0 Å². The maximum Gasteiger partial charge on any atom is 0.417 e. The summed E-state index contributed by atoms with van der Waals surface area (Å²) in [5.41, 5.74) is 0.806. The van der Waals surface area contributed by atoms with E-state index in [1.54, 1.807) is 11.0 Å². The van der Waals surface area contributed by atoms with E-state index >= 15 is 0 Å².